The van der Waals surface area contributed by atoms with Gasteiger partial charge in [-0.1, -0.05) is 44.6 Å². The summed E-state index contributed by atoms with van der Waals surface area (Å²) in [5.41, 5.74) is 4.17. The number of fused-ring (bicyclic) bond motifs is 1. The number of esters is 1. The number of ether oxygens (including phenoxy) is 1. The van der Waals surface area contributed by atoms with Crippen LogP contribution < -0.4 is 0 Å². The predicted octanol–water partition coefficient (Wildman–Crippen LogP) is 5.75. The molecule has 1 N–H and O–H groups in total. The Labute approximate surface area is 170 Å². The molecule has 0 aromatic heterocycles. The van der Waals surface area contributed by atoms with E-state index in [1.165, 1.54) is 55.7 Å². The molecule has 0 spiro atoms. The molecule has 2 fully saturated rings. The van der Waals surface area contributed by atoms with Crippen LogP contribution in [0.2, 0.25) is 0 Å². The van der Waals surface area contributed by atoms with Crippen LogP contribution in [0, 0.1) is 22.7 Å². The monoisotopic (exact) mass is 386 g/mol. The standard InChI is InChI=1S/C25H38O3/c1-17(9-10-21(26)20-15-23(27)28-16-20)11-13-24(4)19(3)12-14-25(5)18(2)7-6-8-22(24)25/h9,15,19,21-22,26H,2,6-8,10-14,16H2,1,3-5H3. The maximum Gasteiger partial charge on any atom is 0.331 e. The fourth-order valence-electron chi connectivity index (χ4n) is 6.00. The summed E-state index contributed by atoms with van der Waals surface area (Å²) in [5, 5.41) is 10.3. The maximum atomic E-state index is 11.2. The highest BCUT2D eigenvalue weighted by Gasteiger charge is 2.53. The smallest absolute Gasteiger partial charge is 0.331 e. The molecule has 3 rings (SSSR count). The lowest BCUT2D eigenvalue weighted by atomic mass is 9.46. The molecule has 0 aromatic carbocycles. The van der Waals surface area contributed by atoms with Gasteiger partial charge in [0.05, 0.1) is 6.10 Å². The van der Waals surface area contributed by atoms with E-state index in [4.69, 9.17) is 4.74 Å². The fourth-order valence-corrected chi connectivity index (χ4v) is 6.00. The van der Waals surface area contributed by atoms with Crippen molar-refractivity contribution in [2.24, 2.45) is 22.7 Å². The summed E-state index contributed by atoms with van der Waals surface area (Å²) in [6, 6.07) is 0. The summed E-state index contributed by atoms with van der Waals surface area (Å²) < 4.78 is 4.89. The molecule has 0 bridgehead atoms. The maximum absolute atomic E-state index is 11.2. The fraction of sp³-hybridized carbons (Fsp3) is 0.720. The average molecular weight is 387 g/mol. The molecule has 3 aliphatic rings. The lowest BCUT2D eigenvalue weighted by molar-refractivity contribution is -0.135. The van der Waals surface area contributed by atoms with Gasteiger partial charge >= 0.3 is 5.97 Å². The minimum absolute atomic E-state index is 0.229. The number of hydrogen-bond acceptors (Lipinski definition) is 3. The first-order valence-electron chi connectivity index (χ1n) is 11.1. The normalized spacial score (nSPS) is 37.3. The van der Waals surface area contributed by atoms with Gasteiger partial charge in [0, 0.05) is 11.6 Å². The first-order chi connectivity index (χ1) is 13.2. The van der Waals surface area contributed by atoms with E-state index in [0.29, 0.717) is 22.8 Å². The highest BCUT2D eigenvalue weighted by atomic mass is 16.5. The molecular weight excluding hydrogens is 348 g/mol. The largest absolute Gasteiger partial charge is 0.458 e. The van der Waals surface area contributed by atoms with E-state index in [0.717, 1.165) is 18.3 Å². The van der Waals surface area contributed by atoms with Gasteiger partial charge in [0.1, 0.15) is 6.61 Å². The van der Waals surface area contributed by atoms with Gasteiger partial charge in [0.2, 0.25) is 0 Å². The summed E-state index contributed by atoms with van der Waals surface area (Å²) in [6.45, 7) is 14.3. The third-order valence-corrected chi connectivity index (χ3v) is 8.43. The Morgan fingerprint density at radius 1 is 1.43 bits per heavy atom. The first-order valence-corrected chi connectivity index (χ1v) is 11.1. The third-order valence-electron chi connectivity index (χ3n) is 8.43. The van der Waals surface area contributed by atoms with E-state index in [2.05, 4.69) is 40.3 Å². The third kappa shape index (κ3) is 4.01. The number of hydrogen-bond donors (Lipinski definition) is 1. The minimum Gasteiger partial charge on any atom is -0.458 e. The van der Waals surface area contributed by atoms with Crippen LogP contribution in [0.1, 0.15) is 79.1 Å². The van der Waals surface area contributed by atoms with Gasteiger partial charge in [-0.3, -0.25) is 0 Å². The lowest BCUT2D eigenvalue weighted by Crippen LogP contribution is -2.50. The number of carbonyl (C=O) groups is 1. The van der Waals surface area contributed by atoms with Crippen LogP contribution in [0.15, 0.2) is 35.5 Å². The second kappa shape index (κ2) is 8.18. The van der Waals surface area contributed by atoms with Crippen molar-refractivity contribution in [3.05, 3.63) is 35.5 Å². The average Bonchev–Trinajstić information content (AvgIpc) is 3.10. The highest BCUT2D eigenvalue weighted by Crippen LogP contribution is 2.62. The van der Waals surface area contributed by atoms with Crippen molar-refractivity contribution in [1.29, 1.82) is 0 Å². The lowest BCUT2D eigenvalue weighted by Gasteiger charge is -2.59. The zero-order chi connectivity index (χ0) is 20.5. The Bertz CT molecular complexity index is 688. The van der Waals surface area contributed by atoms with Crippen LogP contribution in [0.4, 0.5) is 0 Å². The van der Waals surface area contributed by atoms with Gasteiger partial charge < -0.3 is 9.84 Å². The van der Waals surface area contributed by atoms with E-state index >= 15 is 0 Å². The van der Waals surface area contributed by atoms with Crippen molar-refractivity contribution in [1.82, 2.24) is 0 Å². The molecule has 0 amide bonds. The van der Waals surface area contributed by atoms with Gasteiger partial charge in [-0.25, -0.2) is 4.79 Å². The number of allylic oxidation sites excluding steroid dienone is 2. The van der Waals surface area contributed by atoms with Crippen LogP contribution in [-0.4, -0.2) is 23.8 Å². The molecule has 1 heterocycles. The number of aliphatic hydroxyl groups excluding tert-OH is 1. The topological polar surface area (TPSA) is 46.5 Å². The molecule has 2 aliphatic carbocycles. The summed E-state index contributed by atoms with van der Waals surface area (Å²) in [7, 11) is 0. The molecule has 1 aliphatic heterocycles. The van der Waals surface area contributed by atoms with E-state index in [9.17, 15) is 9.90 Å². The molecule has 0 saturated heterocycles. The van der Waals surface area contributed by atoms with Gasteiger partial charge in [0.15, 0.2) is 0 Å². The molecule has 28 heavy (non-hydrogen) atoms. The molecule has 3 nitrogen and oxygen atoms in total. The van der Waals surface area contributed by atoms with Crippen molar-refractivity contribution in [2.75, 3.05) is 6.61 Å². The van der Waals surface area contributed by atoms with Gasteiger partial charge in [-0.05, 0) is 81.0 Å². The zero-order valence-corrected chi connectivity index (χ0v) is 18.2. The number of carbonyl (C=O) groups excluding carboxylic acids is 1. The Hall–Kier alpha value is -1.35. The van der Waals surface area contributed by atoms with Crippen LogP contribution >= 0.6 is 0 Å². The molecule has 0 radical (unpaired) electrons. The van der Waals surface area contributed by atoms with E-state index in [-0.39, 0.29) is 12.6 Å². The van der Waals surface area contributed by atoms with E-state index in [1.807, 2.05) is 0 Å². The Balaban J connectivity index is 1.63. The second-order valence-corrected chi connectivity index (χ2v) is 10.0. The molecular formula is C25H38O3. The highest BCUT2D eigenvalue weighted by molar-refractivity contribution is 5.85. The van der Waals surface area contributed by atoms with E-state index < -0.39 is 6.10 Å². The Morgan fingerprint density at radius 3 is 2.86 bits per heavy atom. The van der Waals surface area contributed by atoms with E-state index in [1.54, 1.807) is 0 Å². The summed E-state index contributed by atoms with van der Waals surface area (Å²) in [6.07, 6.45) is 12.2. The van der Waals surface area contributed by atoms with Crippen LogP contribution in [0.3, 0.4) is 0 Å². The molecule has 156 valence electrons. The van der Waals surface area contributed by atoms with Gasteiger partial charge in [-0.15, -0.1) is 0 Å². The molecule has 3 heteroatoms. The molecule has 2 saturated carbocycles. The summed E-state index contributed by atoms with van der Waals surface area (Å²) >= 11 is 0. The van der Waals surface area contributed by atoms with Crippen LogP contribution in [0.5, 0.6) is 0 Å². The quantitative estimate of drug-likeness (QED) is 0.467. The van der Waals surface area contributed by atoms with Crippen LogP contribution in [-0.2, 0) is 9.53 Å². The Morgan fingerprint density at radius 2 is 2.18 bits per heavy atom. The summed E-state index contributed by atoms with van der Waals surface area (Å²) in [4.78, 5) is 11.2. The Kier molecular flexibility index (Phi) is 6.24. The molecule has 5 unspecified atom stereocenters. The SMILES string of the molecule is C=C1CCCC2C1(C)CCC(C)C2(C)CCC(C)=CCC(O)C1=CC(=O)OC1. The van der Waals surface area contributed by atoms with Crippen molar-refractivity contribution >= 4 is 5.97 Å². The van der Waals surface area contributed by atoms with Crippen molar-refractivity contribution < 1.29 is 14.6 Å². The number of cyclic esters (lactones) is 1. The molecule has 0 aromatic rings. The van der Waals surface area contributed by atoms with Crippen molar-refractivity contribution in [2.45, 2.75) is 85.2 Å². The second-order valence-electron chi connectivity index (χ2n) is 10.0. The predicted molar refractivity (Wildman–Crippen MR) is 114 cm³/mol. The number of aliphatic hydroxyl groups is 1. The number of rotatable bonds is 6. The van der Waals surface area contributed by atoms with Gasteiger partial charge in [-0.2, -0.15) is 0 Å². The van der Waals surface area contributed by atoms with Crippen molar-refractivity contribution in [3.8, 4) is 0 Å². The van der Waals surface area contributed by atoms with Crippen LogP contribution in [0.25, 0.3) is 0 Å². The van der Waals surface area contributed by atoms with Gasteiger partial charge in [0.25, 0.3) is 0 Å². The molecule has 5 atom stereocenters. The van der Waals surface area contributed by atoms with Crippen molar-refractivity contribution in [3.63, 3.8) is 0 Å². The zero-order valence-electron chi connectivity index (χ0n) is 18.2. The summed E-state index contributed by atoms with van der Waals surface area (Å²) in [5.74, 6) is 1.13. The first kappa shape index (κ1) is 21.4. The minimum atomic E-state index is -0.615.